The van der Waals surface area contributed by atoms with Crippen molar-refractivity contribution in [3.8, 4) is 23.1 Å². The number of unbranched alkanes of at least 4 members (excludes halogenated alkanes) is 8. The van der Waals surface area contributed by atoms with E-state index in [0.29, 0.717) is 43.1 Å². The van der Waals surface area contributed by atoms with Crippen LogP contribution in [0.15, 0.2) is 36.5 Å². The van der Waals surface area contributed by atoms with E-state index in [1.807, 2.05) is 37.4 Å². The van der Waals surface area contributed by atoms with Crippen molar-refractivity contribution in [3.63, 3.8) is 0 Å². The lowest BCUT2D eigenvalue weighted by atomic mass is 9.88. The third-order valence-corrected chi connectivity index (χ3v) is 8.16. The number of aryl methyl sites for hydroxylation is 1. The molecule has 6 heteroatoms. The second kappa shape index (κ2) is 18.5. The molecule has 0 N–H and O–H groups in total. The first-order valence-corrected chi connectivity index (χ1v) is 16.0. The van der Waals surface area contributed by atoms with Crippen LogP contribution in [0, 0.1) is 17.2 Å². The maximum absolute atomic E-state index is 13.9. The quantitative estimate of drug-likeness (QED) is 0.133. The van der Waals surface area contributed by atoms with Gasteiger partial charge in [0, 0.05) is 11.8 Å². The molecule has 0 unspecified atom stereocenters. The van der Waals surface area contributed by atoms with Crippen molar-refractivity contribution in [1.82, 2.24) is 4.98 Å². The van der Waals surface area contributed by atoms with Crippen molar-refractivity contribution >= 4 is 5.97 Å². The summed E-state index contributed by atoms with van der Waals surface area (Å²) in [5.74, 6) is 0.171. The van der Waals surface area contributed by atoms with Gasteiger partial charge in [-0.15, -0.1) is 0 Å². The number of halogens is 1. The summed E-state index contributed by atoms with van der Waals surface area (Å²) in [5, 5.41) is 9.76. The van der Waals surface area contributed by atoms with E-state index in [1.165, 1.54) is 56.9 Å². The van der Waals surface area contributed by atoms with Crippen LogP contribution in [0.25, 0.3) is 11.3 Å². The zero-order chi connectivity index (χ0) is 29.3. The monoisotopic (exact) mass is 564 g/mol. The lowest BCUT2D eigenvalue weighted by Gasteiger charge is -2.28. The SMILES string of the molecule is CCCCCCCCCCc1ccc(-c2ccc(OCC3CCC(OC(=O)[C@@H](F)CCCC)CC3)c(C#N)c2)nc1. The molecule has 3 rings (SSSR count). The van der Waals surface area contributed by atoms with E-state index in [4.69, 9.17) is 9.47 Å². The zero-order valence-electron chi connectivity index (χ0n) is 25.2. The Morgan fingerprint density at radius 1 is 0.976 bits per heavy atom. The number of aromatic nitrogens is 1. The zero-order valence-corrected chi connectivity index (χ0v) is 25.2. The fourth-order valence-electron chi connectivity index (χ4n) is 5.47. The second-order valence-corrected chi connectivity index (χ2v) is 11.6. The maximum atomic E-state index is 13.9. The number of nitriles is 1. The summed E-state index contributed by atoms with van der Waals surface area (Å²) in [5.41, 5.74) is 3.51. The van der Waals surface area contributed by atoms with Gasteiger partial charge in [0.2, 0.25) is 0 Å². The summed E-state index contributed by atoms with van der Waals surface area (Å²) in [6.07, 6.45) is 16.7. The molecule has 0 spiro atoms. The first kappa shape index (κ1) is 32.6. The minimum atomic E-state index is -1.52. The largest absolute Gasteiger partial charge is 0.492 e. The number of carbonyl (C=O) groups excluding carboxylic acids is 1. The molecule has 0 amide bonds. The van der Waals surface area contributed by atoms with Gasteiger partial charge in [-0.3, -0.25) is 4.98 Å². The van der Waals surface area contributed by atoms with Gasteiger partial charge >= 0.3 is 5.97 Å². The average Bonchev–Trinajstić information content (AvgIpc) is 3.01. The fraction of sp³-hybridized carbons (Fsp3) is 0.629. The number of hydrogen-bond acceptors (Lipinski definition) is 5. The van der Waals surface area contributed by atoms with E-state index in [0.717, 1.165) is 36.9 Å². The number of esters is 1. The van der Waals surface area contributed by atoms with Crippen LogP contribution < -0.4 is 4.74 Å². The van der Waals surface area contributed by atoms with E-state index >= 15 is 0 Å². The van der Waals surface area contributed by atoms with Gasteiger partial charge in [0.25, 0.3) is 0 Å². The van der Waals surface area contributed by atoms with E-state index in [2.05, 4.69) is 24.0 Å². The molecule has 1 aliphatic rings. The third-order valence-electron chi connectivity index (χ3n) is 8.16. The summed E-state index contributed by atoms with van der Waals surface area (Å²) >= 11 is 0. The Bertz CT molecular complexity index is 1070. The molecule has 1 atom stereocenters. The summed E-state index contributed by atoms with van der Waals surface area (Å²) in [7, 11) is 0. The van der Waals surface area contributed by atoms with E-state index in [1.54, 1.807) is 0 Å². The molecule has 41 heavy (non-hydrogen) atoms. The highest BCUT2D eigenvalue weighted by Gasteiger charge is 2.27. The first-order chi connectivity index (χ1) is 20.0. The highest BCUT2D eigenvalue weighted by molar-refractivity contribution is 5.74. The molecule has 1 aromatic heterocycles. The summed E-state index contributed by atoms with van der Waals surface area (Å²) in [6.45, 7) is 4.73. The number of hydrogen-bond donors (Lipinski definition) is 0. The Morgan fingerprint density at radius 2 is 1.68 bits per heavy atom. The van der Waals surface area contributed by atoms with Crippen molar-refractivity contribution in [1.29, 1.82) is 5.26 Å². The number of ether oxygens (including phenoxy) is 2. The van der Waals surface area contributed by atoms with Crippen molar-refractivity contribution in [2.75, 3.05) is 6.61 Å². The predicted octanol–water partition coefficient (Wildman–Crippen LogP) is 9.31. The molecule has 1 saturated carbocycles. The normalized spacial score (nSPS) is 17.5. The predicted molar refractivity (Wildman–Crippen MR) is 162 cm³/mol. The summed E-state index contributed by atoms with van der Waals surface area (Å²) < 4.78 is 25.4. The third kappa shape index (κ3) is 11.5. The number of nitrogens with zero attached hydrogens (tertiary/aromatic N) is 2. The van der Waals surface area contributed by atoms with E-state index < -0.39 is 12.1 Å². The van der Waals surface area contributed by atoms with Gasteiger partial charge in [0.05, 0.1) is 17.9 Å². The Hall–Kier alpha value is -2.94. The molecule has 224 valence electrons. The lowest BCUT2D eigenvalue weighted by molar-refractivity contribution is -0.157. The lowest BCUT2D eigenvalue weighted by Crippen LogP contribution is -2.30. The molecule has 1 aromatic carbocycles. The minimum Gasteiger partial charge on any atom is -0.492 e. The number of pyridine rings is 1. The molecule has 1 fully saturated rings. The van der Waals surface area contributed by atoms with Crippen molar-refractivity contribution in [2.45, 2.75) is 129 Å². The Kier molecular flexibility index (Phi) is 14.7. The molecule has 0 bridgehead atoms. The summed E-state index contributed by atoms with van der Waals surface area (Å²) in [4.78, 5) is 16.6. The Balaban J connectivity index is 1.41. The molecule has 2 aromatic rings. The Labute approximate surface area is 246 Å². The average molecular weight is 565 g/mol. The molecule has 0 saturated heterocycles. The van der Waals surface area contributed by atoms with Crippen LogP contribution in [0.3, 0.4) is 0 Å². The minimum absolute atomic E-state index is 0.216. The van der Waals surface area contributed by atoms with Crippen molar-refractivity contribution < 1.29 is 18.7 Å². The number of benzene rings is 1. The van der Waals surface area contributed by atoms with Crippen LogP contribution in [0.1, 0.15) is 121 Å². The molecule has 1 aliphatic carbocycles. The van der Waals surface area contributed by atoms with Crippen molar-refractivity contribution in [3.05, 3.63) is 47.7 Å². The van der Waals surface area contributed by atoms with Gasteiger partial charge < -0.3 is 9.47 Å². The van der Waals surface area contributed by atoms with Crippen molar-refractivity contribution in [2.24, 2.45) is 5.92 Å². The van der Waals surface area contributed by atoms with Crippen LogP contribution in [0.5, 0.6) is 5.75 Å². The van der Waals surface area contributed by atoms with Gasteiger partial charge in [-0.2, -0.15) is 5.26 Å². The maximum Gasteiger partial charge on any atom is 0.340 e. The summed E-state index contributed by atoms with van der Waals surface area (Å²) in [6, 6.07) is 12.1. The number of carbonyl (C=O) groups is 1. The van der Waals surface area contributed by atoms with Gasteiger partial charge in [-0.05, 0) is 80.7 Å². The Morgan fingerprint density at radius 3 is 2.34 bits per heavy atom. The van der Waals surface area contributed by atoms with Crippen LogP contribution in [-0.2, 0) is 16.0 Å². The number of rotatable bonds is 18. The van der Waals surface area contributed by atoms with E-state index in [9.17, 15) is 14.4 Å². The smallest absolute Gasteiger partial charge is 0.340 e. The van der Waals surface area contributed by atoms with Gasteiger partial charge in [0.1, 0.15) is 17.9 Å². The fourth-order valence-corrected chi connectivity index (χ4v) is 5.47. The first-order valence-electron chi connectivity index (χ1n) is 16.0. The van der Waals surface area contributed by atoms with Gasteiger partial charge in [-0.25, -0.2) is 9.18 Å². The van der Waals surface area contributed by atoms with Gasteiger partial charge in [0.15, 0.2) is 6.17 Å². The van der Waals surface area contributed by atoms with Crippen LogP contribution in [0.2, 0.25) is 0 Å². The van der Waals surface area contributed by atoms with Gasteiger partial charge in [-0.1, -0.05) is 77.7 Å². The highest BCUT2D eigenvalue weighted by atomic mass is 19.1. The van der Waals surface area contributed by atoms with Crippen LogP contribution >= 0.6 is 0 Å². The molecule has 5 nitrogen and oxygen atoms in total. The van der Waals surface area contributed by atoms with Crippen LogP contribution in [-0.4, -0.2) is 29.8 Å². The molecule has 0 radical (unpaired) electrons. The van der Waals surface area contributed by atoms with E-state index in [-0.39, 0.29) is 12.5 Å². The van der Waals surface area contributed by atoms with Crippen LogP contribution in [0.4, 0.5) is 4.39 Å². The molecule has 0 aliphatic heterocycles. The number of alkyl halides is 1. The standard InChI is InChI=1S/C35H49FN2O3/c1-3-5-7-8-9-10-11-12-13-27-17-21-33(38-25-27)29-18-22-34(30(23-29)24-37)40-26-28-15-19-31(20-16-28)41-35(39)32(36)14-6-4-2/h17-18,21-23,25,28,31-32H,3-16,19-20,26H2,1-2H3/t28?,31?,32-/m0/s1. The molecule has 1 heterocycles. The topological polar surface area (TPSA) is 72.2 Å². The second-order valence-electron chi connectivity index (χ2n) is 11.6. The molecular formula is C35H49FN2O3. The highest BCUT2D eigenvalue weighted by Crippen LogP contribution is 2.30. The molecular weight excluding hydrogens is 515 g/mol.